The van der Waals surface area contributed by atoms with E-state index in [1.807, 2.05) is 0 Å². The summed E-state index contributed by atoms with van der Waals surface area (Å²) in [5.41, 5.74) is 0. The Morgan fingerprint density at radius 2 is 1.92 bits per heavy atom. The monoisotopic (exact) mass is 394 g/mol. The van der Waals surface area contributed by atoms with Gasteiger partial charge in [0.25, 0.3) is 0 Å². The Bertz CT molecular complexity index is 477. The third kappa shape index (κ3) is 8.43. The molecule has 150 valence electrons. The lowest BCUT2D eigenvalue weighted by Crippen LogP contribution is -2.44. The van der Waals surface area contributed by atoms with Crippen molar-refractivity contribution in [1.29, 1.82) is 0 Å². The molecule has 10 nitrogen and oxygen atoms in total. The lowest BCUT2D eigenvalue weighted by molar-refractivity contribution is -0.493. The molecule has 1 saturated heterocycles. The van der Waals surface area contributed by atoms with Gasteiger partial charge in [-0.3, -0.25) is 20.0 Å². The van der Waals surface area contributed by atoms with Crippen molar-refractivity contribution in [2.24, 2.45) is 5.92 Å². The van der Waals surface area contributed by atoms with E-state index in [1.54, 1.807) is 6.92 Å². The summed E-state index contributed by atoms with van der Waals surface area (Å²) in [7, 11) is 0. The van der Waals surface area contributed by atoms with Gasteiger partial charge in [-0.25, -0.2) is 9.63 Å². The maximum absolute atomic E-state index is 12.5. The van der Waals surface area contributed by atoms with E-state index < -0.39 is 17.4 Å². The van der Waals surface area contributed by atoms with Gasteiger partial charge in [0.2, 0.25) is 5.91 Å². The molecule has 26 heavy (non-hydrogen) atoms. The van der Waals surface area contributed by atoms with E-state index in [0.717, 1.165) is 18.2 Å². The number of amides is 1. The molecule has 0 spiro atoms. The van der Waals surface area contributed by atoms with Crippen molar-refractivity contribution in [2.45, 2.75) is 32.7 Å². The first-order chi connectivity index (χ1) is 12.3. The Morgan fingerprint density at radius 1 is 1.23 bits per heavy atom. The van der Waals surface area contributed by atoms with Crippen molar-refractivity contribution in [3.05, 3.63) is 0 Å². The molecular formula is C15H26N2O8S. The summed E-state index contributed by atoms with van der Waals surface area (Å²) in [6.07, 6.45) is 1.28. The molecule has 0 aromatic carbocycles. The van der Waals surface area contributed by atoms with E-state index in [4.69, 9.17) is 19.9 Å². The van der Waals surface area contributed by atoms with Crippen LogP contribution in [0.1, 0.15) is 26.7 Å². The second kappa shape index (κ2) is 12.2. The molecule has 1 heterocycles. The molecule has 1 aliphatic rings. The van der Waals surface area contributed by atoms with Gasteiger partial charge >= 0.3 is 5.97 Å². The largest absolute Gasteiger partial charge is 0.462 e. The number of carbonyl (C=O) groups excluding carboxylic acids is 3. The van der Waals surface area contributed by atoms with Crippen LogP contribution in [0.25, 0.3) is 0 Å². The normalized spacial score (nSPS) is 18.2. The van der Waals surface area contributed by atoms with Gasteiger partial charge in [-0.05, 0) is 12.8 Å². The number of nitrogens with zero attached hydrogens (tertiary/aromatic N) is 2. The lowest BCUT2D eigenvalue weighted by Gasteiger charge is -2.26. The summed E-state index contributed by atoms with van der Waals surface area (Å²) in [4.78, 5) is 41.5. The third-order valence-electron chi connectivity index (χ3n) is 3.67. The van der Waals surface area contributed by atoms with Crippen LogP contribution in [0.4, 0.5) is 0 Å². The zero-order valence-corrected chi connectivity index (χ0v) is 15.8. The summed E-state index contributed by atoms with van der Waals surface area (Å²) < 4.78 is 10.2. The lowest BCUT2D eigenvalue weighted by atomic mass is 10.1. The fraction of sp³-hybridized carbons (Fsp3) is 0.800. The van der Waals surface area contributed by atoms with E-state index in [2.05, 4.69) is 4.84 Å². The molecule has 1 fully saturated rings. The van der Waals surface area contributed by atoms with Crippen LogP contribution in [0.15, 0.2) is 0 Å². The third-order valence-corrected chi connectivity index (χ3v) is 4.75. The smallest absolute Gasteiger partial charge is 0.328 e. The minimum absolute atomic E-state index is 0.0229. The summed E-state index contributed by atoms with van der Waals surface area (Å²) in [5.74, 6) is -0.581. The number of rotatable bonds is 11. The second-order valence-electron chi connectivity index (χ2n) is 5.76. The van der Waals surface area contributed by atoms with Gasteiger partial charge in [0, 0.05) is 25.1 Å². The van der Waals surface area contributed by atoms with Crippen molar-refractivity contribution >= 4 is 28.8 Å². The molecule has 0 aromatic rings. The van der Waals surface area contributed by atoms with Crippen molar-refractivity contribution < 1.29 is 39.1 Å². The SMILES string of the molecule is CC(=O)SCC(C)C(=O)N1CCCC1C(=O)OCCOCCON(O)O. The van der Waals surface area contributed by atoms with Gasteiger partial charge in [-0.1, -0.05) is 18.7 Å². The number of hydrogen-bond donors (Lipinski definition) is 2. The molecule has 0 saturated carbocycles. The van der Waals surface area contributed by atoms with Gasteiger partial charge in [0.15, 0.2) is 5.12 Å². The summed E-state index contributed by atoms with van der Waals surface area (Å²) in [5, 5.41) is 16.2. The fourth-order valence-corrected chi connectivity index (χ4v) is 3.08. The molecule has 0 bridgehead atoms. The van der Waals surface area contributed by atoms with Gasteiger partial charge in [0.1, 0.15) is 12.6 Å². The van der Waals surface area contributed by atoms with E-state index in [-0.39, 0.29) is 43.4 Å². The van der Waals surface area contributed by atoms with Crippen molar-refractivity contribution in [3.8, 4) is 0 Å². The molecule has 11 heteroatoms. The highest BCUT2D eigenvalue weighted by Gasteiger charge is 2.36. The summed E-state index contributed by atoms with van der Waals surface area (Å²) >= 11 is 1.10. The van der Waals surface area contributed by atoms with Crippen molar-refractivity contribution in [2.75, 3.05) is 38.7 Å². The summed E-state index contributed by atoms with van der Waals surface area (Å²) in [6.45, 7) is 3.87. The number of hydrogen-bond acceptors (Lipinski definition) is 10. The number of ether oxygens (including phenoxy) is 2. The number of likely N-dealkylation sites (tertiary alicyclic amines) is 1. The predicted octanol–water partition coefficient (Wildman–Crippen LogP) is 0.465. The van der Waals surface area contributed by atoms with E-state index in [0.29, 0.717) is 18.7 Å². The minimum atomic E-state index is -0.604. The number of esters is 1. The molecule has 2 atom stereocenters. The summed E-state index contributed by atoms with van der Waals surface area (Å²) in [6, 6.07) is -0.604. The second-order valence-corrected chi connectivity index (χ2v) is 6.96. The zero-order valence-electron chi connectivity index (χ0n) is 15.0. The fourth-order valence-electron chi connectivity index (χ4n) is 2.45. The van der Waals surface area contributed by atoms with Gasteiger partial charge in [-0.2, -0.15) is 0 Å². The maximum Gasteiger partial charge on any atom is 0.328 e. The van der Waals surface area contributed by atoms with Crippen molar-refractivity contribution in [1.82, 2.24) is 10.3 Å². The topological polar surface area (TPSA) is 126 Å². The first-order valence-electron chi connectivity index (χ1n) is 8.32. The van der Waals surface area contributed by atoms with E-state index in [1.165, 1.54) is 11.8 Å². The average Bonchev–Trinajstić information content (AvgIpc) is 3.07. The highest BCUT2D eigenvalue weighted by atomic mass is 32.2. The van der Waals surface area contributed by atoms with Crippen LogP contribution >= 0.6 is 11.8 Å². The Morgan fingerprint density at radius 3 is 2.58 bits per heavy atom. The van der Waals surface area contributed by atoms with Crippen LogP contribution in [0.3, 0.4) is 0 Å². The molecule has 0 radical (unpaired) electrons. The molecule has 2 N–H and O–H groups in total. The van der Waals surface area contributed by atoms with Crippen LogP contribution in [-0.4, -0.2) is 82.5 Å². The van der Waals surface area contributed by atoms with Crippen LogP contribution in [0, 0.1) is 5.92 Å². The van der Waals surface area contributed by atoms with Gasteiger partial charge < -0.3 is 14.4 Å². The molecule has 1 aliphatic heterocycles. The highest BCUT2D eigenvalue weighted by molar-refractivity contribution is 8.13. The minimum Gasteiger partial charge on any atom is -0.462 e. The van der Waals surface area contributed by atoms with E-state index >= 15 is 0 Å². The molecule has 0 aliphatic carbocycles. The highest BCUT2D eigenvalue weighted by Crippen LogP contribution is 2.22. The Balaban J connectivity index is 2.31. The van der Waals surface area contributed by atoms with Crippen LogP contribution in [-0.2, 0) is 28.7 Å². The molecule has 1 amide bonds. The average molecular weight is 394 g/mol. The van der Waals surface area contributed by atoms with Crippen molar-refractivity contribution in [3.63, 3.8) is 0 Å². The first kappa shape index (κ1) is 22.8. The molecule has 1 rings (SSSR count). The molecule has 2 unspecified atom stereocenters. The number of thioether (sulfide) groups is 1. The first-order valence-corrected chi connectivity index (χ1v) is 9.30. The Kier molecular flexibility index (Phi) is 10.7. The van der Waals surface area contributed by atoms with E-state index in [9.17, 15) is 14.4 Å². The van der Waals surface area contributed by atoms with Crippen LogP contribution < -0.4 is 0 Å². The van der Waals surface area contributed by atoms with Crippen LogP contribution in [0.2, 0.25) is 0 Å². The predicted molar refractivity (Wildman–Crippen MR) is 90.2 cm³/mol. The standard InChI is InChI=1S/C15H26N2O8S/c1-11(10-26-12(2)18)14(19)16-5-3-4-13(16)15(20)24-8-6-23-7-9-25-17(21)22/h11,13,21-22H,3-10H2,1-2H3. The quantitative estimate of drug-likeness (QED) is 0.290. The Labute approximate surface area is 156 Å². The molecular weight excluding hydrogens is 368 g/mol. The number of carbonyl (C=O) groups is 3. The van der Waals surface area contributed by atoms with Gasteiger partial charge in [-0.15, -0.1) is 0 Å². The Hall–Kier alpha value is -1.24. The van der Waals surface area contributed by atoms with Gasteiger partial charge in [0.05, 0.1) is 25.2 Å². The zero-order chi connectivity index (χ0) is 19.5. The van der Waals surface area contributed by atoms with Crippen LogP contribution in [0.5, 0.6) is 0 Å². The molecule has 0 aromatic heterocycles. The maximum atomic E-state index is 12.5.